The molecular formula is C23H25N5O4. The molecule has 2 aromatic heterocycles. The summed E-state index contributed by atoms with van der Waals surface area (Å²) in [4.78, 5) is 32.4. The highest BCUT2D eigenvalue weighted by Gasteiger charge is 2.25. The molecule has 0 spiro atoms. The highest BCUT2D eigenvalue weighted by molar-refractivity contribution is 6.06. The van der Waals surface area contributed by atoms with E-state index in [4.69, 9.17) is 9.15 Å². The second-order valence-corrected chi connectivity index (χ2v) is 8.05. The number of piperazine rings is 1. The second kappa shape index (κ2) is 8.60. The van der Waals surface area contributed by atoms with Crippen molar-refractivity contribution in [2.45, 2.75) is 19.4 Å². The highest BCUT2D eigenvalue weighted by Crippen LogP contribution is 2.29. The van der Waals surface area contributed by atoms with Crippen LogP contribution in [0.2, 0.25) is 0 Å². The van der Waals surface area contributed by atoms with Gasteiger partial charge >= 0.3 is 0 Å². The molecule has 1 unspecified atom stereocenters. The normalized spacial score (nSPS) is 18.8. The molecule has 4 heterocycles. The summed E-state index contributed by atoms with van der Waals surface area (Å²) in [6.07, 6.45) is 4.32. The Morgan fingerprint density at radius 1 is 1.12 bits per heavy atom. The van der Waals surface area contributed by atoms with Crippen molar-refractivity contribution < 1.29 is 18.7 Å². The summed E-state index contributed by atoms with van der Waals surface area (Å²) in [6, 6.07) is 9.50. The van der Waals surface area contributed by atoms with Crippen LogP contribution in [0, 0.1) is 0 Å². The summed E-state index contributed by atoms with van der Waals surface area (Å²) in [6.45, 7) is 4.61. The zero-order valence-electron chi connectivity index (χ0n) is 17.8. The van der Waals surface area contributed by atoms with Crippen LogP contribution in [0.25, 0.3) is 11.0 Å². The number of nitrogens with one attached hydrogen (secondary N) is 2. The van der Waals surface area contributed by atoms with Crippen LogP contribution in [0.4, 0.5) is 0 Å². The first kappa shape index (κ1) is 20.5. The third kappa shape index (κ3) is 4.04. The van der Waals surface area contributed by atoms with Gasteiger partial charge in [0.05, 0.1) is 5.56 Å². The third-order valence-electron chi connectivity index (χ3n) is 6.01. The van der Waals surface area contributed by atoms with Crippen LogP contribution in [0.15, 0.2) is 47.2 Å². The quantitative estimate of drug-likeness (QED) is 0.649. The van der Waals surface area contributed by atoms with Crippen LogP contribution in [-0.4, -0.2) is 59.3 Å². The van der Waals surface area contributed by atoms with E-state index in [1.807, 2.05) is 24.4 Å². The van der Waals surface area contributed by atoms with E-state index in [9.17, 15) is 9.59 Å². The van der Waals surface area contributed by atoms with Gasteiger partial charge in [0, 0.05) is 69.4 Å². The Hall–Kier alpha value is -3.43. The Morgan fingerprint density at radius 3 is 2.62 bits per heavy atom. The zero-order valence-corrected chi connectivity index (χ0v) is 17.8. The van der Waals surface area contributed by atoms with Gasteiger partial charge in [0.15, 0.2) is 0 Å². The topological polar surface area (TPSA) is 99.9 Å². The van der Waals surface area contributed by atoms with Gasteiger partial charge < -0.3 is 19.0 Å². The average Bonchev–Trinajstić information content (AvgIpc) is 3.49. The molecule has 166 valence electrons. The first-order valence-corrected chi connectivity index (χ1v) is 10.8. The SMILES string of the molecule is CC(=O)N1CCN(C(=O)c2coc3cc(Oc4ccc(C5CCNN5)cn4)ccc23)CC1. The van der Waals surface area contributed by atoms with Crippen LogP contribution in [0.5, 0.6) is 11.6 Å². The fourth-order valence-electron chi connectivity index (χ4n) is 4.15. The molecule has 2 saturated heterocycles. The Morgan fingerprint density at radius 2 is 1.94 bits per heavy atom. The number of rotatable bonds is 4. The van der Waals surface area contributed by atoms with Crippen molar-refractivity contribution in [3.63, 3.8) is 0 Å². The molecule has 9 nitrogen and oxygen atoms in total. The van der Waals surface area contributed by atoms with Gasteiger partial charge in [-0.1, -0.05) is 6.07 Å². The zero-order chi connectivity index (χ0) is 22.1. The number of fused-ring (bicyclic) bond motifs is 1. The molecule has 0 saturated carbocycles. The number of carbonyl (C=O) groups is 2. The molecule has 9 heteroatoms. The number of hydrogen-bond acceptors (Lipinski definition) is 7. The number of aromatic nitrogens is 1. The molecule has 1 atom stereocenters. The van der Waals surface area contributed by atoms with Gasteiger partial charge in [-0.3, -0.25) is 20.4 Å². The van der Waals surface area contributed by atoms with Crippen molar-refractivity contribution in [1.82, 2.24) is 25.6 Å². The number of nitrogens with zero attached hydrogens (tertiary/aromatic N) is 3. The molecule has 2 fully saturated rings. The van der Waals surface area contributed by atoms with Crippen LogP contribution in [0.3, 0.4) is 0 Å². The van der Waals surface area contributed by atoms with E-state index in [0.29, 0.717) is 49.0 Å². The van der Waals surface area contributed by atoms with Gasteiger partial charge in [0.25, 0.3) is 5.91 Å². The van der Waals surface area contributed by atoms with E-state index in [2.05, 4.69) is 15.8 Å². The number of carbonyl (C=O) groups excluding carboxylic acids is 2. The van der Waals surface area contributed by atoms with Gasteiger partial charge in [-0.25, -0.2) is 4.98 Å². The second-order valence-electron chi connectivity index (χ2n) is 8.05. The fraction of sp³-hybridized carbons (Fsp3) is 0.348. The van der Waals surface area contributed by atoms with Crippen LogP contribution >= 0.6 is 0 Å². The lowest BCUT2D eigenvalue weighted by Gasteiger charge is -2.34. The highest BCUT2D eigenvalue weighted by atomic mass is 16.5. The molecular weight excluding hydrogens is 410 g/mol. The summed E-state index contributed by atoms with van der Waals surface area (Å²) in [7, 11) is 0. The number of pyridine rings is 1. The average molecular weight is 435 g/mol. The van der Waals surface area contributed by atoms with E-state index in [1.54, 1.807) is 28.9 Å². The number of furan rings is 1. The minimum atomic E-state index is -0.0899. The largest absolute Gasteiger partial charge is 0.463 e. The van der Waals surface area contributed by atoms with E-state index in [0.717, 1.165) is 23.9 Å². The lowest BCUT2D eigenvalue weighted by Crippen LogP contribution is -2.50. The first-order chi connectivity index (χ1) is 15.6. The van der Waals surface area contributed by atoms with Crippen LogP contribution < -0.4 is 15.6 Å². The smallest absolute Gasteiger partial charge is 0.257 e. The summed E-state index contributed by atoms with van der Waals surface area (Å²) in [5.41, 5.74) is 8.53. The summed E-state index contributed by atoms with van der Waals surface area (Å²) in [5.74, 6) is 1.02. The van der Waals surface area contributed by atoms with Gasteiger partial charge in [-0.05, 0) is 24.1 Å². The standard InChI is InChI=1S/C23H25N5O4/c1-15(29)27-8-10-28(11-9-27)23(30)19-14-31-21-12-17(3-4-18(19)21)32-22-5-2-16(13-24-22)20-6-7-25-26-20/h2-5,12-14,20,25-26H,6-11H2,1H3. The molecule has 1 aromatic carbocycles. The lowest BCUT2D eigenvalue weighted by atomic mass is 10.1. The van der Waals surface area contributed by atoms with Crippen molar-refractivity contribution in [1.29, 1.82) is 0 Å². The number of hydrazine groups is 1. The fourth-order valence-corrected chi connectivity index (χ4v) is 4.15. The molecule has 2 aliphatic rings. The van der Waals surface area contributed by atoms with E-state index in [-0.39, 0.29) is 17.9 Å². The summed E-state index contributed by atoms with van der Waals surface area (Å²) < 4.78 is 11.5. The van der Waals surface area contributed by atoms with Crippen LogP contribution in [0.1, 0.15) is 35.3 Å². The van der Waals surface area contributed by atoms with Crippen molar-refractivity contribution >= 4 is 22.8 Å². The molecule has 32 heavy (non-hydrogen) atoms. The number of amides is 2. The number of ether oxygens (including phenoxy) is 1. The Kier molecular flexibility index (Phi) is 5.50. The number of benzene rings is 1. The minimum Gasteiger partial charge on any atom is -0.463 e. The van der Waals surface area contributed by atoms with E-state index >= 15 is 0 Å². The molecule has 0 radical (unpaired) electrons. The molecule has 2 N–H and O–H groups in total. The summed E-state index contributed by atoms with van der Waals surface area (Å²) >= 11 is 0. The van der Waals surface area contributed by atoms with Gasteiger partial charge in [0.1, 0.15) is 17.6 Å². The van der Waals surface area contributed by atoms with Crippen molar-refractivity contribution in [3.05, 3.63) is 53.9 Å². The molecule has 0 aliphatic carbocycles. The van der Waals surface area contributed by atoms with E-state index in [1.165, 1.54) is 6.26 Å². The maximum absolute atomic E-state index is 13.0. The first-order valence-electron chi connectivity index (χ1n) is 10.8. The Bertz CT molecular complexity index is 1130. The van der Waals surface area contributed by atoms with Crippen molar-refractivity contribution in [3.8, 4) is 11.6 Å². The number of hydrogen-bond donors (Lipinski definition) is 2. The Labute approximate surface area is 185 Å². The molecule has 3 aromatic rings. The lowest BCUT2D eigenvalue weighted by molar-refractivity contribution is -0.130. The maximum atomic E-state index is 13.0. The third-order valence-corrected chi connectivity index (χ3v) is 6.01. The van der Waals surface area contributed by atoms with Crippen molar-refractivity contribution in [2.24, 2.45) is 0 Å². The minimum absolute atomic E-state index is 0.0368. The molecule has 2 amide bonds. The van der Waals surface area contributed by atoms with Gasteiger partial charge in [-0.2, -0.15) is 0 Å². The van der Waals surface area contributed by atoms with Gasteiger partial charge in [0.2, 0.25) is 11.8 Å². The van der Waals surface area contributed by atoms with Gasteiger partial charge in [-0.15, -0.1) is 0 Å². The predicted octanol–water partition coefficient (Wildman–Crippen LogP) is 2.46. The van der Waals surface area contributed by atoms with Crippen LogP contribution in [-0.2, 0) is 4.79 Å². The summed E-state index contributed by atoms with van der Waals surface area (Å²) in [5, 5.41) is 0.736. The Balaban J connectivity index is 1.27. The molecule has 5 rings (SSSR count). The van der Waals surface area contributed by atoms with E-state index < -0.39 is 0 Å². The maximum Gasteiger partial charge on any atom is 0.257 e. The van der Waals surface area contributed by atoms with Crippen molar-refractivity contribution in [2.75, 3.05) is 32.7 Å². The predicted molar refractivity (Wildman–Crippen MR) is 117 cm³/mol. The molecule has 2 aliphatic heterocycles. The monoisotopic (exact) mass is 435 g/mol. The molecule has 0 bridgehead atoms.